The van der Waals surface area contributed by atoms with Crippen molar-refractivity contribution in [3.8, 4) is 0 Å². The third-order valence-electron chi connectivity index (χ3n) is 5.35. The van der Waals surface area contributed by atoms with E-state index in [1.165, 1.54) is 27.9 Å². The number of alkyl halides is 1. The molecule has 0 unspecified atom stereocenters. The smallest absolute Gasteiger partial charge is 0.261 e. The molecule has 1 aliphatic rings. The fraction of sp³-hybridized carbons (Fsp3) is 0.148. The fourth-order valence-electron chi connectivity index (χ4n) is 3.64. The number of fused-ring (bicyclic) bond motifs is 3. The number of Topliss-reactive ketones (excluding diaryl/α,β-unsaturated/α-hetero) is 1. The van der Waals surface area contributed by atoms with Crippen molar-refractivity contribution in [1.29, 1.82) is 0 Å². The van der Waals surface area contributed by atoms with Gasteiger partial charge in [0, 0.05) is 40.4 Å². The van der Waals surface area contributed by atoms with Gasteiger partial charge in [0.25, 0.3) is 5.91 Å². The zero-order valence-corrected chi connectivity index (χ0v) is 18.7. The Hall–Kier alpha value is -3.90. The SMILES string of the molecule is C.CNc1ccc(/C=C2\C(=O)CC(=O)NC2=O)cc1.ClCc1ccc2[nH]c3ccccc3c2c1. The van der Waals surface area contributed by atoms with Crippen LogP contribution in [0.25, 0.3) is 27.9 Å². The summed E-state index contributed by atoms with van der Waals surface area (Å²) in [5.41, 5.74) is 5.21. The van der Waals surface area contributed by atoms with Gasteiger partial charge in [-0.2, -0.15) is 0 Å². The molecule has 3 N–H and O–H groups in total. The predicted octanol–water partition coefficient (Wildman–Crippen LogP) is 5.42. The lowest BCUT2D eigenvalue weighted by molar-refractivity contribution is -0.134. The molecule has 2 heterocycles. The molecular formula is C27H26ClN3O3. The number of hydrogen-bond donors (Lipinski definition) is 3. The molecule has 3 aromatic carbocycles. The highest BCUT2D eigenvalue weighted by atomic mass is 35.5. The first-order chi connectivity index (χ1) is 16.0. The summed E-state index contributed by atoms with van der Waals surface area (Å²) in [7, 11) is 1.80. The summed E-state index contributed by atoms with van der Waals surface area (Å²) in [5.74, 6) is -1.06. The highest BCUT2D eigenvalue weighted by molar-refractivity contribution is 6.32. The van der Waals surface area contributed by atoms with E-state index in [0.29, 0.717) is 5.88 Å². The Labute approximate surface area is 203 Å². The summed E-state index contributed by atoms with van der Waals surface area (Å²) in [6, 6.07) is 21.9. The Morgan fingerprint density at radius 2 is 1.65 bits per heavy atom. The van der Waals surface area contributed by atoms with Crippen molar-refractivity contribution in [2.24, 2.45) is 0 Å². The van der Waals surface area contributed by atoms with Gasteiger partial charge in [-0.3, -0.25) is 19.7 Å². The molecule has 0 saturated carbocycles. The van der Waals surface area contributed by atoms with Crippen LogP contribution in [0.4, 0.5) is 5.69 Å². The molecule has 174 valence electrons. The van der Waals surface area contributed by atoms with Crippen LogP contribution in [0.5, 0.6) is 0 Å². The van der Waals surface area contributed by atoms with Gasteiger partial charge in [0.05, 0.1) is 12.0 Å². The van der Waals surface area contributed by atoms with Crippen molar-refractivity contribution in [3.05, 3.63) is 83.4 Å². The summed E-state index contributed by atoms with van der Waals surface area (Å²) < 4.78 is 0. The average molecular weight is 476 g/mol. The van der Waals surface area contributed by atoms with E-state index < -0.39 is 17.6 Å². The Bertz CT molecular complexity index is 1370. The van der Waals surface area contributed by atoms with E-state index in [1.54, 1.807) is 19.2 Å². The van der Waals surface area contributed by atoms with E-state index in [-0.39, 0.29) is 19.4 Å². The molecule has 0 spiro atoms. The van der Waals surface area contributed by atoms with Crippen LogP contribution < -0.4 is 10.6 Å². The number of halogens is 1. The molecule has 0 atom stereocenters. The molecule has 0 radical (unpaired) electrons. The minimum atomic E-state index is -0.631. The highest BCUT2D eigenvalue weighted by Crippen LogP contribution is 2.26. The number of aromatic amines is 1. The minimum absolute atomic E-state index is 0. The zero-order chi connectivity index (χ0) is 23.4. The number of nitrogens with one attached hydrogen (secondary N) is 3. The number of piperidine rings is 1. The predicted molar refractivity (Wildman–Crippen MR) is 139 cm³/mol. The number of anilines is 1. The number of amides is 2. The second-order valence-corrected chi connectivity index (χ2v) is 7.86. The number of carbonyl (C=O) groups excluding carboxylic acids is 3. The molecule has 7 heteroatoms. The van der Waals surface area contributed by atoms with Crippen molar-refractivity contribution >= 4 is 62.8 Å². The summed E-state index contributed by atoms with van der Waals surface area (Å²) in [4.78, 5) is 37.5. The molecule has 6 nitrogen and oxygen atoms in total. The Morgan fingerprint density at radius 1 is 0.941 bits per heavy atom. The van der Waals surface area contributed by atoms with Crippen molar-refractivity contribution in [2.45, 2.75) is 19.7 Å². The highest BCUT2D eigenvalue weighted by Gasteiger charge is 2.27. The van der Waals surface area contributed by atoms with Crippen LogP contribution in [-0.4, -0.2) is 29.6 Å². The van der Waals surface area contributed by atoms with Gasteiger partial charge in [-0.25, -0.2) is 0 Å². The number of rotatable bonds is 3. The Kier molecular flexibility index (Phi) is 7.87. The van der Waals surface area contributed by atoms with Crippen LogP contribution in [0.2, 0.25) is 0 Å². The van der Waals surface area contributed by atoms with Crippen LogP contribution in [0.15, 0.2) is 72.3 Å². The molecule has 34 heavy (non-hydrogen) atoms. The Balaban J connectivity index is 0.000000187. The molecule has 1 aliphatic heterocycles. The van der Waals surface area contributed by atoms with Crippen molar-refractivity contribution in [1.82, 2.24) is 10.3 Å². The number of ketones is 1. The molecule has 5 rings (SSSR count). The van der Waals surface area contributed by atoms with Crippen LogP contribution in [0, 0.1) is 0 Å². The van der Waals surface area contributed by atoms with Crippen LogP contribution in [0.3, 0.4) is 0 Å². The van der Waals surface area contributed by atoms with Crippen molar-refractivity contribution < 1.29 is 14.4 Å². The molecule has 4 aromatic rings. The maximum absolute atomic E-state index is 11.6. The topological polar surface area (TPSA) is 91.1 Å². The largest absolute Gasteiger partial charge is 0.388 e. The van der Waals surface area contributed by atoms with Gasteiger partial charge in [-0.1, -0.05) is 43.8 Å². The lowest BCUT2D eigenvalue weighted by Crippen LogP contribution is -2.40. The fourth-order valence-corrected chi connectivity index (χ4v) is 3.81. The van der Waals surface area contributed by atoms with E-state index in [2.05, 4.69) is 52.0 Å². The number of hydrogen-bond acceptors (Lipinski definition) is 4. The monoisotopic (exact) mass is 475 g/mol. The maximum Gasteiger partial charge on any atom is 0.261 e. The van der Waals surface area contributed by atoms with Crippen LogP contribution in [0.1, 0.15) is 25.0 Å². The average Bonchev–Trinajstić information content (AvgIpc) is 3.20. The number of imide groups is 1. The normalized spacial score (nSPS) is 14.4. The van der Waals surface area contributed by atoms with E-state index in [1.807, 2.05) is 18.2 Å². The van der Waals surface area contributed by atoms with E-state index in [4.69, 9.17) is 11.6 Å². The number of aromatic nitrogens is 1. The lowest BCUT2D eigenvalue weighted by atomic mass is 10.0. The van der Waals surface area contributed by atoms with E-state index in [0.717, 1.165) is 16.8 Å². The van der Waals surface area contributed by atoms with E-state index >= 15 is 0 Å². The second-order valence-electron chi connectivity index (χ2n) is 7.59. The van der Waals surface area contributed by atoms with Gasteiger partial charge >= 0.3 is 0 Å². The van der Waals surface area contributed by atoms with Crippen molar-refractivity contribution in [3.63, 3.8) is 0 Å². The number of benzene rings is 3. The summed E-state index contributed by atoms with van der Waals surface area (Å²) in [6.45, 7) is 0. The Morgan fingerprint density at radius 3 is 2.32 bits per heavy atom. The van der Waals surface area contributed by atoms with Gasteiger partial charge in [0.1, 0.15) is 0 Å². The van der Waals surface area contributed by atoms with Gasteiger partial charge < -0.3 is 10.3 Å². The van der Waals surface area contributed by atoms with E-state index in [9.17, 15) is 14.4 Å². The molecule has 1 fully saturated rings. The first-order valence-electron chi connectivity index (χ1n) is 10.4. The number of carbonyl (C=O) groups is 3. The molecule has 1 saturated heterocycles. The lowest BCUT2D eigenvalue weighted by Gasteiger charge is -2.12. The summed E-state index contributed by atoms with van der Waals surface area (Å²) >= 11 is 5.84. The summed E-state index contributed by atoms with van der Waals surface area (Å²) in [5, 5.41) is 7.61. The second kappa shape index (κ2) is 10.8. The van der Waals surface area contributed by atoms with Crippen LogP contribution in [-0.2, 0) is 20.3 Å². The number of H-pyrrole nitrogens is 1. The maximum atomic E-state index is 11.6. The number of para-hydroxylation sites is 1. The minimum Gasteiger partial charge on any atom is -0.388 e. The van der Waals surface area contributed by atoms with Crippen molar-refractivity contribution in [2.75, 3.05) is 12.4 Å². The van der Waals surface area contributed by atoms with Gasteiger partial charge in [0.15, 0.2) is 5.78 Å². The van der Waals surface area contributed by atoms with Gasteiger partial charge in [-0.15, -0.1) is 11.6 Å². The zero-order valence-electron chi connectivity index (χ0n) is 17.9. The van der Waals surface area contributed by atoms with Gasteiger partial charge in [-0.05, 0) is 47.5 Å². The van der Waals surface area contributed by atoms with Crippen LogP contribution >= 0.6 is 11.6 Å². The quantitative estimate of drug-likeness (QED) is 0.121. The molecule has 1 aromatic heterocycles. The first kappa shape index (κ1) is 24.7. The standard InChI is InChI=1S/C13H10ClN.C13H12N2O3.CH4/c14-8-9-5-6-13-11(7-9)10-3-1-2-4-12(10)15-13;1-14-9-4-2-8(3-5-9)6-10-11(16)7-12(17)15-13(10)18;/h1-7,15H,8H2;2-6,14H,7H2,1H3,(H,15,17,18);1H4/b;10-6+;. The molecule has 2 amide bonds. The van der Waals surface area contributed by atoms with Gasteiger partial charge in [0.2, 0.25) is 5.91 Å². The first-order valence-corrected chi connectivity index (χ1v) is 10.9. The third-order valence-corrected chi connectivity index (χ3v) is 5.66. The molecule has 0 bridgehead atoms. The molecule has 0 aliphatic carbocycles. The molecular weight excluding hydrogens is 450 g/mol. The third kappa shape index (κ3) is 5.35. The summed E-state index contributed by atoms with van der Waals surface area (Å²) in [6.07, 6.45) is 1.22.